The number of aryl methyl sites for hydroxylation is 1. The maximum Gasteiger partial charge on any atom is 0.324 e. The summed E-state index contributed by atoms with van der Waals surface area (Å²) in [4.78, 5) is 32.4. The van der Waals surface area contributed by atoms with Crippen molar-refractivity contribution in [1.82, 2.24) is 9.38 Å². The molecule has 0 aliphatic carbocycles. The van der Waals surface area contributed by atoms with E-state index in [9.17, 15) is 30.3 Å². The molecular weight excluding hydrogens is 450 g/mol. The van der Waals surface area contributed by atoms with E-state index in [4.69, 9.17) is 9.84 Å². The molecule has 2 aromatic carbocycles. The molecule has 0 saturated carbocycles. The zero-order valence-corrected chi connectivity index (χ0v) is 17.8. The van der Waals surface area contributed by atoms with Gasteiger partial charge in [0.05, 0.1) is 39.7 Å². The number of fused-ring (bicyclic) bond motifs is 1. The van der Waals surface area contributed by atoms with Crippen LogP contribution in [0.25, 0.3) is 16.9 Å². The van der Waals surface area contributed by atoms with Crippen LogP contribution in [-0.2, 0) is 0 Å². The third-order valence-electron chi connectivity index (χ3n) is 4.66. The van der Waals surface area contributed by atoms with Crippen LogP contribution in [0.2, 0.25) is 0 Å². The molecule has 1 N–H and O–H groups in total. The lowest BCUT2D eigenvalue weighted by molar-refractivity contribution is -0.404. The summed E-state index contributed by atoms with van der Waals surface area (Å²) in [6, 6.07) is 13.0. The van der Waals surface area contributed by atoms with Gasteiger partial charge in [-0.3, -0.25) is 30.3 Å². The highest BCUT2D eigenvalue weighted by molar-refractivity contribution is 5.65. The first-order chi connectivity index (χ1) is 16.1. The van der Waals surface area contributed by atoms with Crippen LogP contribution in [-0.4, -0.2) is 36.4 Å². The number of benzene rings is 2. The SMILES string of the molecule is COc1ccc(-c2cn3ccc(C)cc3n2)cc1.O=[N+]([O-])c1cc([N+](=O)[O-])c(O)c([N+](=O)[O-])c1. The number of phenols is 1. The number of nitro groups is 3. The Kier molecular flexibility index (Phi) is 6.66. The lowest BCUT2D eigenvalue weighted by Crippen LogP contribution is -1.97. The second kappa shape index (κ2) is 9.60. The Labute approximate surface area is 190 Å². The van der Waals surface area contributed by atoms with E-state index in [-0.39, 0.29) is 0 Å². The number of rotatable bonds is 5. The van der Waals surface area contributed by atoms with Crippen LogP contribution in [0.5, 0.6) is 11.5 Å². The van der Waals surface area contributed by atoms with Crippen molar-refractivity contribution in [2.24, 2.45) is 0 Å². The van der Waals surface area contributed by atoms with Gasteiger partial charge in [0, 0.05) is 18.0 Å². The molecule has 4 rings (SSSR count). The summed E-state index contributed by atoms with van der Waals surface area (Å²) < 4.78 is 7.19. The average molecular weight is 467 g/mol. The molecule has 0 saturated heterocycles. The molecule has 0 spiro atoms. The maximum absolute atomic E-state index is 10.4. The van der Waals surface area contributed by atoms with Crippen molar-refractivity contribution < 1.29 is 24.6 Å². The van der Waals surface area contributed by atoms with Crippen LogP contribution in [0, 0.1) is 37.3 Å². The second-order valence-electron chi connectivity index (χ2n) is 6.93. The number of nitrogens with zero attached hydrogens (tertiary/aromatic N) is 5. The van der Waals surface area contributed by atoms with Gasteiger partial charge in [0.25, 0.3) is 11.4 Å². The monoisotopic (exact) mass is 467 g/mol. The van der Waals surface area contributed by atoms with Crippen LogP contribution >= 0.6 is 0 Å². The van der Waals surface area contributed by atoms with E-state index in [1.807, 2.05) is 41.1 Å². The normalized spacial score (nSPS) is 10.3. The minimum absolute atomic E-state index is 0.447. The molecule has 2 aromatic heterocycles. The Hall–Kier alpha value is -5.07. The first-order valence-corrected chi connectivity index (χ1v) is 9.50. The molecule has 0 fully saturated rings. The van der Waals surface area contributed by atoms with E-state index in [2.05, 4.69) is 24.0 Å². The van der Waals surface area contributed by atoms with E-state index in [0.29, 0.717) is 12.1 Å². The molecule has 0 amide bonds. The Morgan fingerprint density at radius 1 is 0.912 bits per heavy atom. The van der Waals surface area contributed by atoms with Gasteiger partial charge in [0.2, 0.25) is 0 Å². The molecule has 0 atom stereocenters. The highest BCUT2D eigenvalue weighted by atomic mass is 16.6. The molecule has 13 heteroatoms. The summed E-state index contributed by atoms with van der Waals surface area (Å²) in [5.41, 5.74) is 1.26. The number of aromatic nitrogens is 2. The number of methoxy groups -OCH3 is 1. The zero-order valence-electron chi connectivity index (χ0n) is 17.8. The van der Waals surface area contributed by atoms with Crippen molar-refractivity contribution in [3.63, 3.8) is 0 Å². The van der Waals surface area contributed by atoms with Gasteiger partial charge in [0.1, 0.15) is 11.4 Å². The first kappa shape index (κ1) is 23.6. The molecule has 0 radical (unpaired) electrons. The molecule has 0 bridgehead atoms. The zero-order chi connectivity index (χ0) is 25.0. The predicted molar refractivity (Wildman–Crippen MR) is 120 cm³/mol. The lowest BCUT2D eigenvalue weighted by Gasteiger charge is -1.99. The molecule has 174 valence electrons. The number of imidazole rings is 1. The molecule has 0 aliphatic heterocycles. The predicted octanol–water partition coefficient (Wildman–Crippen LogP) is 4.44. The number of nitro benzene ring substituents is 3. The summed E-state index contributed by atoms with van der Waals surface area (Å²) >= 11 is 0. The fourth-order valence-corrected chi connectivity index (χ4v) is 2.96. The molecule has 13 nitrogen and oxygen atoms in total. The van der Waals surface area contributed by atoms with Crippen LogP contribution in [0.1, 0.15) is 5.56 Å². The largest absolute Gasteiger partial charge is 0.497 e. The third-order valence-corrected chi connectivity index (χ3v) is 4.66. The smallest absolute Gasteiger partial charge is 0.324 e. The Bertz CT molecular complexity index is 1360. The quantitative estimate of drug-likeness (QED) is 0.328. The number of hydrogen-bond acceptors (Lipinski definition) is 9. The van der Waals surface area contributed by atoms with E-state index < -0.39 is 37.6 Å². The second-order valence-corrected chi connectivity index (χ2v) is 6.93. The molecular formula is C21H17N5O8. The van der Waals surface area contributed by atoms with Crippen molar-refractivity contribution in [2.75, 3.05) is 7.11 Å². The fraction of sp³-hybridized carbons (Fsp3) is 0.0952. The van der Waals surface area contributed by atoms with E-state index in [1.165, 1.54) is 5.56 Å². The number of aromatic hydroxyl groups is 1. The Morgan fingerprint density at radius 3 is 2.00 bits per heavy atom. The number of non-ortho nitro benzene ring substituents is 1. The van der Waals surface area contributed by atoms with E-state index in [0.717, 1.165) is 22.7 Å². The molecule has 34 heavy (non-hydrogen) atoms. The van der Waals surface area contributed by atoms with Crippen molar-refractivity contribution in [3.8, 4) is 22.8 Å². The van der Waals surface area contributed by atoms with Gasteiger partial charge in [0.15, 0.2) is 0 Å². The van der Waals surface area contributed by atoms with Crippen molar-refractivity contribution >= 4 is 22.7 Å². The Morgan fingerprint density at radius 2 is 1.50 bits per heavy atom. The first-order valence-electron chi connectivity index (χ1n) is 9.50. The summed E-state index contributed by atoms with van der Waals surface area (Å²) in [5, 5.41) is 40.2. The van der Waals surface area contributed by atoms with Gasteiger partial charge in [-0.2, -0.15) is 0 Å². The maximum atomic E-state index is 10.4. The van der Waals surface area contributed by atoms with Crippen molar-refractivity contribution in [2.45, 2.75) is 6.92 Å². The summed E-state index contributed by atoms with van der Waals surface area (Å²) in [6.07, 6.45) is 4.07. The summed E-state index contributed by atoms with van der Waals surface area (Å²) in [7, 11) is 1.67. The average Bonchev–Trinajstić information content (AvgIpc) is 3.22. The van der Waals surface area contributed by atoms with Crippen molar-refractivity contribution in [3.05, 3.63) is 96.8 Å². The highest BCUT2D eigenvalue weighted by Crippen LogP contribution is 2.39. The fourth-order valence-electron chi connectivity index (χ4n) is 2.96. The summed E-state index contributed by atoms with van der Waals surface area (Å²) in [6.45, 7) is 2.07. The molecule has 2 heterocycles. The minimum Gasteiger partial charge on any atom is -0.497 e. The topological polar surface area (TPSA) is 176 Å². The van der Waals surface area contributed by atoms with E-state index >= 15 is 0 Å². The van der Waals surface area contributed by atoms with Gasteiger partial charge in [-0.15, -0.1) is 0 Å². The highest BCUT2D eigenvalue weighted by Gasteiger charge is 2.30. The van der Waals surface area contributed by atoms with E-state index in [1.54, 1.807) is 7.11 Å². The molecule has 4 aromatic rings. The van der Waals surface area contributed by atoms with Gasteiger partial charge in [-0.05, 0) is 48.9 Å². The molecule has 0 unspecified atom stereocenters. The molecule has 0 aliphatic rings. The standard InChI is InChI=1S/C15H14N2O.C6H3N3O7/c1-11-7-8-17-10-14(16-15(17)9-11)12-3-5-13(18-2)6-4-12;10-6-4(8(13)14)1-3(7(11)12)2-5(6)9(15)16/h3-10H,1-2H3;1-2,10H. The van der Waals surface area contributed by atoms with Crippen LogP contribution < -0.4 is 4.74 Å². The van der Waals surface area contributed by atoms with Gasteiger partial charge >= 0.3 is 11.4 Å². The van der Waals surface area contributed by atoms with Crippen LogP contribution in [0.15, 0.2) is 60.9 Å². The Balaban J connectivity index is 0.000000192. The lowest BCUT2D eigenvalue weighted by atomic mass is 10.2. The van der Waals surface area contributed by atoms with Gasteiger partial charge in [-0.25, -0.2) is 4.98 Å². The summed E-state index contributed by atoms with van der Waals surface area (Å²) in [5.74, 6) is -0.348. The van der Waals surface area contributed by atoms with Crippen molar-refractivity contribution in [1.29, 1.82) is 0 Å². The number of pyridine rings is 1. The number of ether oxygens (including phenoxy) is 1. The van der Waals surface area contributed by atoms with Crippen LogP contribution in [0.4, 0.5) is 17.1 Å². The number of phenolic OH excluding ortho intramolecular Hbond substituents is 1. The number of hydrogen-bond donors (Lipinski definition) is 1. The van der Waals surface area contributed by atoms with Crippen LogP contribution in [0.3, 0.4) is 0 Å². The minimum atomic E-state index is -1.21. The van der Waals surface area contributed by atoms with Gasteiger partial charge in [-0.1, -0.05) is 0 Å². The third kappa shape index (κ3) is 5.04. The van der Waals surface area contributed by atoms with Gasteiger partial charge < -0.3 is 14.2 Å².